The Kier molecular flexibility index (Phi) is 23.6. The van der Waals surface area contributed by atoms with Crippen LogP contribution in [0.25, 0.3) is 0 Å². The predicted molar refractivity (Wildman–Crippen MR) is 105 cm³/mol. The average molecular weight is 417 g/mol. The number of aliphatic hydroxyl groups excluding tert-OH is 2. The summed E-state index contributed by atoms with van der Waals surface area (Å²) in [5.41, 5.74) is 0. The van der Waals surface area contributed by atoms with Gasteiger partial charge in [0.1, 0.15) is 0 Å². The van der Waals surface area contributed by atoms with Gasteiger partial charge < -0.3 is 19.7 Å². The van der Waals surface area contributed by atoms with Gasteiger partial charge in [-0.3, -0.25) is 9.11 Å². The van der Waals surface area contributed by atoms with Crippen molar-refractivity contribution in [2.24, 2.45) is 0 Å². The lowest BCUT2D eigenvalue weighted by Gasteiger charge is -2.11. The van der Waals surface area contributed by atoms with E-state index in [1.165, 1.54) is 57.8 Å². The van der Waals surface area contributed by atoms with Gasteiger partial charge in [-0.15, -0.1) is 0 Å². The maximum absolute atomic E-state index is 9.77. The van der Waals surface area contributed by atoms with Crippen LogP contribution < -0.4 is 0 Å². The number of unbranched alkanes of at least 4 members (excludes halogenated alkanes) is 9. The van der Waals surface area contributed by atoms with Crippen molar-refractivity contribution in [2.75, 3.05) is 33.0 Å². The van der Waals surface area contributed by atoms with Crippen molar-refractivity contribution in [3.8, 4) is 0 Å². The molecule has 0 aromatic heterocycles. The zero-order valence-electron chi connectivity index (χ0n) is 16.7. The molecule has 0 radical (unpaired) electrons. The van der Waals surface area contributed by atoms with E-state index in [1.807, 2.05) is 0 Å². The topological polar surface area (TPSA) is 134 Å². The van der Waals surface area contributed by atoms with E-state index in [0.29, 0.717) is 26.4 Å². The highest BCUT2D eigenvalue weighted by molar-refractivity contribution is 7.79. The lowest BCUT2D eigenvalue weighted by atomic mass is 10.0. The molecule has 0 rings (SSSR count). The standard InChI is InChI=1S/C18H38O4.H2O4S/c1-2-3-4-5-6-7-8-9-10-11-12-18(20)17-22-16-15-21-14-13-19;1-5(2,3)4/h18-20H,2-17H2,1H3;(H2,1,2,3,4). The Morgan fingerprint density at radius 1 is 0.778 bits per heavy atom. The number of ether oxygens (including phenoxy) is 2. The Bertz CT molecular complexity index is 368. The summed E-state index contributed by atoms with van der Waals surface area (Å²) in [5.74, 6) is 0. The lowest BCUT2D eigenvalue weighted by Crippen LogP contribution is -2.17. The Hall–Kier alpha value is -0.290. The highest BCUT2D eigenvalue weighted by Gasteiger charge is 2.04. The minimum Gasteiger partial charge on any atom is -0.394 e. The summed E-state index contributed by atoms with van der Waals surface area (Å²) >= 11 is 0. The van der Waals surface area contributed by atoms with E-state index in [4.69, 9.17) is 32.1 Å². The molecule has 4 N–H and O–H groups in total. The molecule has 0 bridgehead atoms. The molecule has 1 atom stereocenters. The van der Waals surface area contributed by atoms with Crippen molar-refractivity contribution in [3.05, 3.63) is 0 Å². The van der Waals surface area contributed by atoms with Gasteiger partial charge in [0, 0.05) is 0 Å². The van der Waals surface area contributed by atoms with Crippen LogP contribution in [-0.4, -0.2) is 66.9 Å². The molecule has 8 nitrogen and oxygen atoms in total. The van der Waals surface area contributed by atoms with Gasteiger partial charge in [0.2, 0.25) is 0 Å². The van der Waals surface area contributed by atoms with Gasteiger partial charge in [-0.1, -0.05) is 71.1 Å². The van der Waals surface area contributed by atoms with Crippen molar-refractivity contribution >= 4 is 10.4 Å². The molecule has 0 aliphatic heterocycles. The predicted octanol–water partition coefficient (Wildman–Crippen LogP) is 3.03. The van der Waals surface area contributed by atoms with Crippen LogP contribution in [-0.2, 0) is 19.9 Å². The van der Waals surface area contributed by atoms with Crippen molar-refractivity contribution < 1.29 is 37.2 Å². The van der Waals surface area contributed by atoms with Crippen molar-refractivity contribution in [1.29, 1.82) is 0 Å². The van der Waals surface area contributed by atoms with E-state index < -0.39 is 10.4 Å². The van der Waals surface area contributed by atoms with Crippen LogP contribution in [0, 0.1) is 0 Å². The second-order valence-electron chi connectivity index (χ2n) is 6.48. The van der Waals surface area contributed by atoms with Crippen LogP contribution in [0.1, 0.15) is 77.6 Å². The largest absolute Gasteiger partial charge is 0.394 e. The fourth-order valence-electron chi connectivity index (χ4n) is 2.45. The first kappa shape index (κ1) is 28.9. The van der Waals surface area contributed by atoms with Crippen LogP contribution in [0.4, 0.5) is 0 Å². The second-order valence-corrected chi connectivity index (χ2v) is 7.38. The fraction of sp³-hybridized carbons (Fsp3) is 1.00. The number of hydrogen-bond donors (Lipinski definition) is 4. The highest BCUT2D eigenvalue weighted by atomic mass is 32.3. The zero-order chi connectivity index (χ0) is 20.8. The molecule has 0 fully saturated rings. The molecule has 0 aliphatic carbocycles. The molecule has 0 aliphatic rings. The second kappa shape index (κ2) is 22.0. The molecule has 166 valence electrons. The molecule has 0 aromatic rings. The molecular weight excluding hydrogens is 376 g/mol. The van der Waals surface area contributed by atoms with Gasteiger partial charge in [0.05, 0.1) is 39.1 Å². The fourth-order valence-corrected chi connectivity index (χ4v) is 2.45. The van der Waals surface area contributed by atoms with E-state index in [0.717, 1.165) is 12.8 Å². The number of rotatable bonds is 18. The summed E-state index contributed by atoms with van der Waals surface area (Å²) in [5, 5.41) is 18.3. The first-order chi connectivity index (χ1) is 12.8. The Morgan fingerprint density at radius 3 is 1.70 bits per heavy atom. The molecule has 9 heteroatoms. The molecule has 0 aromatic carbocycles. The van der Waals surface area contributed by atoms with E-state index in [9.17, 15) is 5.11 Å². The number of aliphatic hydroxyl groups is 2. The Morgan fingerprint density at radius 2 is 1.22 bits per heavy atom. The van der Waals surface area contributed by atoms with Gasteiger partial charge in [0.15, 0.2) is 0 Å². The van der Waals surface area contributed by atoms with Gasteiger partial charge in [-0.2, -0.15) is 8.42 Å². The summed E-state index contributed by atoms with van der Waals surface area (Å²) in [6.07, 6.45) is 13.6. The van der Waals surface area contributed by atoms with E-state index in [-0.39, 0.29) is 12.7 Å². The van der Waals surface area contributed by atoms with Crippen LogP contribution >= 0.6 is 0 Å². The summed E-state index contributed by atoms with van der Waals surface area (Å²) in [6.45, 7) is 4.00. The normalized spacial score (nSPS) is 12.5. The highest BCUT2D eigenvalue weighted by Crippen LogP contribution is 2.12. The third kappa shape index (κ3) is 37.2. The van der Waals surface area contributed by atoms with Crippen molar-refractivity contribution in [3.63, 3.8) is 0 Å². The van der Waals surface area contributed by atoms with Crippen LogP contribution in [0.15, 0.2) is 0 Å². The van der Waals surface area contributed by atoms with Crippen molar-refractivity contribution in [2.45, 2.75) is 83.7 Å². The summed E-state index contributed by atoms with van der Waals surface area (Å²) in [7, 11) is -4.67. The first-order valence-corrected chi connectivity index (χ1v) is 11.3. The van der Waals surface area contributed by atoms with Gasteiger partial charge >= 0.3 is 10.4 Å². The van der Waals surface area contributed by atoms with Gasteiger partial charge in [-0.05, 0) is 6.42 Å². The summed E-state index contributed by atoms with van der Waals surface area (Å²) < 4.78 is 42.0. The monoisotopic (exact) mass is 416 g/mol. The lowest BCUT2D eigenvalue weighted by molar-refractivity contribution is -0.00465. The SMILES string of the molecule is CCCCCCCCCCCCC(O)COCCOCCO.O=S(=O)(O)O. The smallest absolute Gasteiger partial charge is 0.394 e. The molecule has 0 amide bonds. The Balaban J connectivity index is 0. The maximum atomic E-state index is 9.77. The van der Waals surface area contributed by atoms with E-state index in [1.54, 1.807) is 0 Å². The average Bonchev–Trinajstić information content (AvgIpc) is 2.58. The van der Waals surface area contributed by atoms with Crippen LogP contribution in [0.5, 0.6) is 0 Å². The third-order valence-corrected chi connectivity index (χ3v) is 3.81. The molecular formula is C18H40O8S. The molecule has 27 heavy (non-hydrogen) atoms. The summed E-state index contributed by atoms with van der Waals surface area (Å²) in [6, 6.07) is 0. The minimum absolute atomic E-state index is 0.0430. The van der Waals surface area contributed by atoms with E-state index in [2.05, 4.69) is 6.92 Å². The Labute approximate surface area is 164 Å². The molecule has 0 heterocycles. The minimum atomic E-state index is -4.67. The van der Waals surface area contributed by atoms with Gasteiger partial charge in [0.25, 0.3) is 0 Å². The quantitative estimate of drug-likeness (QED) is 0.198. The molecule has 0 spiro atoms. The van der Waals surface area contributed by atoms with Crippen LogP contribution in [0.3, 0.4) is 0 Å². The number of hydrogen-bond acceptors (Lipinski definition) is 6. The maximum Gasteiger partial charge on any atom is 0.394 e. The first-order valence-electron chi connectivity index (χ1n) is 9.95. The third-order valence-electron chi connectivity index (χ3n) is 3.81. The molecule has 1 unspecified atom stereocenters. The molecule has 0 saturated carbocycles. The van der Waals surface area contributed by atoms with Gasteiger partial charge in [-0.25, -0.2) is 0 Å². The van der Waals surface area contributed by atoms with Crippen molar-refractivity contribution in [1.82, 2.24) is 0 Å². The van der Waals surface area contributed by atoms with Crippen LogP contribution in [0.2, 0.25) is 0 Å². The summed E-state index contributed by atoms with van der Waals surface area (Å²) in [4.78, 5) is 0. The van der Waals surface area contributed by atoms with E-state index >= 15 is 0 Å². The molecule has 0 saturated heterocycles. The zero-order valence-corrected chi connectivity index (χ0v) is 17.5.